The molecule has 1 aromatic carbocycles. The molecule has 0 heterocycles. The summed E-state index contributed by atoms with van der Waals surface area (Å²) in [6.45, 7) is 2.79. The summed E-state index contributed by atoms with van der Waals surface area (Å²) in [5, 5.41) is -1.29. The molecule has 0 unspecified atom stereocenters. The molecule has 1 fully saturated rings. The Hall–Kier alpha value is -1.63. The van der Waals surface area contributed by atoms with Crippen molar-refractivity contribution in [1.82, 2.24) is 0 Å². The van der Waals surface area contributed by atoms with Crippen LogP contribution in [0, 0.1) is 28.9 Å². The Morgan fingerprint density at radius 1 is 1.33 bits per heavy atom. The van der Waals surface area contributed by atoms with Gasteiger partial charge in [-0.25, -0.2) is 8.78 Å². The fourth-order valence-corrected chi connectivity index (χ4v) is 2.70. The minimum Gasteiger partial charge on any atom is -0.460 e. The number of carbonyl (C=O) groups is 1. The van der Waals surface area contributed by atoms with Gasteiger partial charge in [0, 0.05) is 11.6 Å². The molecule has 132 valence electrons. The molecule has 0 radical (unpaired) electrons. The topological polar surface area (TPSA) is 26.3 Å². The van der Waals surface area contributed by atoms with E-state index < -0.39 is 52.7 Å². The largest absolute Gasteiger partial charge is 0.460 e. The number of ether oxygens (including phenoxy) is 1. The smallest absolute Gasteiger partial charge is 0.426 e. The van der Waals surface area contributed by atoms with E-state index in [2.05, 4.69) is 0 Å². The molecule has 1 aromatic rings. The van der Waals surface area contributed by atoms with Gasteiger partial charge in [-0.05, 0) is 23.5 Å². The number of carbonyl (C=O) groups excluding carboxylic acids is 1. The molecule has 0 aromatic heterocycles. The molecule has 0 N–H and O–H groups in total. The summed E-state index contributed by atoms with van der Waals surface area (Å²) in [5.41, 5.74) is -0.771. The average molecular weight is 369 g/mol. The maximum absolute atomic E-state index is 13.5. The van der Waals surface area contributed by atoms with E-state index in [0.29, 0.717) is 6.07 Å². The SMILES string of the molecule is CC1(C)[C@H](C=C(Cl)C(F)(F)F)[C@@H]1C(=O)OCc1ccc(F)cc1F. The van der Waals surface area contributed by atoms with E-state index in [9.17, 15) is 26.7 Å². The molecule has 0 saturated heterocycles. The Balaban J connectivity index is 2.02. The first kappa shape index (κ1) is 18.7. The highest BCUT2D eigenvalue weighted by Crippen LogP contribution is 2.60. The Kier molecular flexibility index (Phi) is 4.95. The third kappa shape index (κ3) is 3.88. The van der Waals surface area contributed by atoms with Gasteiger partial charge in [-0.15, -0.1) is 0 Å². The van der Waals surface area contributed by atoms with Crippen LogP contribution in [0.4, 0.5) is 22.0 Å². The van der Waals surface area contributed by atoms with Crippen molar-refractivity contribution in [2.45, 2.75) is 26.6 Å². The van der Waals surface area contributed by atoms with Gasteiger partial charge < -0.3 is 4.74 Å². The van der Waals surface area contributed by atoms with Crippen LogP contribution in [0.1, 0.15) is 19.4 Å². The summed E-state index contributed by atoms with van der Waals surface area (Å²) < 4.78 is 68.6. The van der Waals surface area contributed by atoms with Crippen LogP contribution >= 0.6 is 11.6 Å². The molecule has 8 heteroatoms. The Morgan fingerprint density at radius 3 is 2.50 bits per heavy atom. The first-order valence-corrected chi connectivity index (χ1v) is 7.37. The Bertz CT molecular complexity index is 682. The van der Waals surface area contributed by atoms with Gasteiger partial charge in [0.15, 0.2) is 0 Å². The number of esters is 1. The summed E-state index contributed by atoms with van der Waals surface area (Å²) in [4.78, 5) is 12.0. The normalized spacial score (nSPS) is 23.1. The monoisotopic (exact) mass is 368 g/mol. The maximum Gasteiger partial charge on any atom is 0.426 e. The molecule has 0 spiro atoms. The van der Waals surface area contributed by atoms with E-state index in [-0.39, 0.29) is 5.56 Å². The average Bonchev–Trinajstić information content (AvgIpc) is 2.97. The molecule has 0 bridgehead atoms. The molecule has 24 heavy (non-hydrogen) atoms. The number of allylic oxidation sites excluding steroid dienone is 2. The quantitative estimate of drug-likeness (QED) is 0.554. The predicted octanol–water partition coefficient (Wildman–Crippen LogP) is 4.97. The molecule has 1 aliphatic carbocycles. The molecule has 2 rings (SSSR count). The predicted molar refractivity (Wildman–Crippen MR) is 76.9 cm³/mol. The number of benzene rings is 1. The Morgan fingerprint density at radius 2 is 1.96 bits per heavy atom. The first-order chi connectivity index (χ1) is 10.9. The fourth-order valence-electron chi connectivity index (χ4n) is 2.57. The summed E-state index contributed by atoms with van der Waals surface area (Å²) in [6.07, 6.45) is -3.88. The van der Waals surface area contributed by atoms with Gasteiger partial charge in [-0.2, -0.15) is 13.2 Å². The van der Waals surface area contributed by atoms with Crippen LogP contribution < -0.4 is 0 Å². The third-order valence-electron chi connectivity index (χ3n) is 4.15. The van der Waals surface area contributed by atoms with Gasteiger partial charge in [0.2, 0.25) is 0 Å². The highest BCUT2D eigenvalue weighted by Gasteiger charge is 2.62. The molecule has 1 saturated carbocycles. The van der Waals surface area contributed by atoms with E-state index in [1.165, 1.54) is 0 Å². The number of hydrogen-bond donors (Lipinski definition) is 0. The van der Waals surface area contributed by atoms with Crippen LogP contribution in [0.15, 0.2) is 29.3 Å². The summed E-state index contributed by atoms with van der Waals surface area (Å²) in [6, 6.07) is 2.80. The minimum atomic E-state index is -4.67. The lowest BCUT2D eigenvalue weighted by atomic mass is 10.1. The van der Waals surface area contributed by atoms with Crippen LogP contribution in [0.3, 0.4) is 0 Å². The van der Waals surface area contributed by atoms with Crippen molar-refractivity contribution in [3.8, 4) is 0 Å². The zero-order valence-electron chi connectivity index (χ0n) is 12.8. The second-order valence-corrected chi connectivity index (χ2v) is 6.59. The van der Waals surface area contributed by atoms with Crippen molar-refractivity contribution in [3.63, 3.8) is 0 Å². The second kappa shape index (κ2) is 6.35. The fraction of sp³-hybridized carbons (Fsp3) is 0.438. The minimum absolute atomic E-state index is 0.0244. The van der Waals surface area contributed by atoms with E-state index in [1.807, 2.05) is 0 Å². The highest BCUT2D eigenvalue weighted by molar-refractivity contribution is 6.30. The molecule has 1 aliphatic rings. The van der Waals surface area contributed by atoms with Gasteiger partial charge in [0.25, 0.3) is 0 Å². The lowest BCUT2D eigenvalue weighted by Crippen LogP contribution is -2.11. The molecular formula is C16H14ClF5O2. The standard InChI is InChI=1S/C16H14ClF5O2/c1-15(2)10(6-12(17)16(20,21)22)13(15)14(23)24-7-8-3-4-9(18)5-11(8)19/h3-6,10,13H,7H2,1-2H3/t10-,13-/m1/s1. The van der Waals surface area contributed by atoms with Gasteiger partial charge in [-0.1, -0.05) is 31.5 Å². The lowest BCUT2D eigenvalue weighted by molar-refractivity contribution is -0.147. The van der Waals surface area contributed by atoms with Crippen molar-refractivity contribution >= 4 is 17.6 Å². The molecule has 2 atom stereocenters. The highest BCUT2D eigenvalue weighted by atomic mass is 35.5. The van der Waals surface area contributed by atoms with Crippen molar-refractivity contribution in [2.75, 3.05) is 0 Å². The molecule has 0 amide bonds. The van der Waals surface area contributed by atoms with E-state index >= 15 is 0 Å². The van der Waals surface area contributed by atoms with Crippen molar-refractivity contribution in [1.29, 1.82) is 0 Å². The zero-order chi connectivity index (χ0) is 18.3. The number of halogens is 6. The Labute approximate surface area is 140 Å². The first-order valence-electron chi connectivity index (χ1n) is 6.99. The maximum atomic E-state index is 13.5. The summed E-state index contributed by atoms with van der Waals surface area (Å²) in [7, 11) is 0. The van der Waals surface area contributed by atoms with Gasteiger partial charge in [0.05, 0.1) is 5.92 Å². The lowest BCUT2D eigenvalue weighted by Gasteiger charge is -2.07. The molecule has 0 aliphatic heterocycles. The number of hydrogen-bond acceptors (Lipinski definition) is 2. The molecular weight excluding hydrogens is 355 g/mol. The second-order valence-electron chi connectivity index (χ2n) is 6.18. The van der Waals surface area contributed by atoms with E-state index in [4.69, 9.17) is 16.3 Å². The van der Waals surface area contributed by atoms with Crippen molar-refractivity contribution < 1.29 is 31.5 Å². The number of alkyl halides is 3. The van der Waals surface area contributed by atoms with Gasteiger partial charge >= 0.3 is 12.1 Å². The zero-order valence-corrected chi connectivity index (χ0v) is 13.5. The number of rotatable bonds is 4. The van der Waals surface area contributed by atoms with Gasteiger partial charge in [-0.3, -0.25) is 4.79 Å². The van der Waals surface area contributed by atoms with Crippen LogP contribution in [-0.4, -0.2) is 12.1 Å². The summed E-state index contributed by atoms with van der Waals surface area (Å²) in [5.74, 6) is -3.92. The van der Waals surface area contributed by atoms with Crippen molar-refractivity contribution in [3.05, 3.63) is 46.5 Å². The van der Waals surface area contributed by atoms with Crippen LogP contribution in [0.25, 0.3) is 0 Å². The van der Waals surface area contributed by atoms with Crippen LogP contribution in [0.2, 0.25) is 0 Å². The van der Waals surface area contributed by atoms with E-state index in [1.54, 1.807) is 13.8 Å². The summed E-state index contributed by atoms with van der Waals surface area (Å²) >= 11 is 5.20. The van der Waals surface area contributed by atoms with Gasteiger partial charge in [0.1, 0.15) is 23.3 Å². The molecule has 2 nitrogen and oxygen atoms in total. The van der Waals surface area contributed by atoms with Crippen LogP contribution in [0.5, 0.6) is 0 Å². The third-order valence-corrected chi connectivity index (χ3v) is 4.49. The van der Waals surface area contributed by atoms with E-state index in [0.717, 1.165) is 18.2 Å². The van der Waals surface area contributed by atoms with Crippen molar-refractivity contribution in [2.24, 2.45) is 17.3 Å². The van der Waals surface area contributed by atoms with Crippen LogP contribution in [-0.2, 0) is 16.1 Å².